The first-order valence-corrected chi connectivity index (χ1v) is 16.3. The van der Waals surface area contributed by atoms with E-state index in [-0.39, 0.29) is 5.91 Å². The predicted molar refractivity (Wildman–Crippen MR) is 78.4 cm³/mol. The Morgan fingerprint density at radius 1 is 1.21 bits per heavy atom. The van der Waals surface area contributed by atoms with Gasteiger partial charge in [0, 0.05) is 0 Å². The van der Waals surface area contributed by atoms with E-state index in [1.165, 1.54) is 10.5 Å². The second-order valence-corrected chi connectivity index (χ2v) is 20.2. The minimum atomic E-state index is -2.05. The average Bonchev–Trinajstić information content (AvgIpc) is 2.27. The van der Waals surface area contributed by atoms with Gasteiger partial charge in [0.15, 0.2) is 0 Å². The van der Waals surface area contributed by atoms with Crippen LogP contribution in [0.5, 0.6) is 0 Å². The number of carboxylic acid groups (broad SMARTS) is 1. The van der Waals surface area contributed by atoms with Gasteiger partial charge in [-0.3, -0.25) is 0 Å². The Balaban J connectivity index is 2.81. The second-order valence-electron chi connectivity index (χ2n) is 5.74. The van der Waals surface area contributed by atoms with Crippen molar-refractivity contribution in [3.8, 4) is 0 Å². The quantitative estimate of drug-likeness (QED) is 0.770. The standard InChI is InChI=1S/C11H12NO3.3CH3.Sn/c1-8(13)12-10(11(14)15)7-9-5-3-2-4-6-9;;;;/h3-6,10H,7H2,1H3,(H,12,13)(H,14,15);3*1H3;/t10-;;;;/m0..../s1. The Hall–Kier alpha value is -1.04. The zero-order valence-electron chi connectivity index (χ0n) is 11.9. The van der Waals surface area contributed by atoms with Crippen molar-refractivity contribution in [2.75, 3.05) is 0 Å². The van der Waals surface area contributed by atoms with Crippen LogP contribution in [0.3, 0.4) is 0 Å². The third-order valence-corrected chi connectivity index (χ3v) is 8.83. The molecular formula is C14H21NO3Sn. The van der Waals surface area contributed by atoms with Crippen molar-refractivity contribution in [3.05, 3.63) is 29.8 Å². The number of carboxylic acids is 1. The van der Waals surface area contributed by atoms with Crippen LogP contribution in [0, 0.1) is 0 Å². The van der Waals surface area contributed by atoms with Crippen LogP contribution >= 0.6 is 0 Å². The summed E-state index contributed by atoms with van der Waals surface area (Å²) in [5.74, 6) is -1.33. The summed E-state index contributed by atoms with van der Waals surface area (Å²) in [6, 6.07) is 7.27. The minimum absolute atomic E-state index is 0.314. The van der Waals surface area contributed by atoms with E-state index in [1.807, 2.05) is 12.1 Å². The topological polar surface area (TPSA) is 66.4 Å². The second kappa shape index (κ2) is 6.41. The first kappa shape index (κ1) is 16.0. The molecule has 1 aromatic carbocycles. The number of hydrogen-bond donors (Lipinski definition) is 2. The molecule has 0 bridgehead atoms. The van der Waals surface area contributed by atoms with E-state index in [0.29, 0.717) is 6.42 Å². The molecule has 0 spiro atoms. The molecule has 0 heterocycles. The van der Waals surface area contributed by atoms with Crippen molar-refractivity contribution in [2.45, 2.75) is 34.2 Å². The molecule has 5 heteroatoms. The van der Waals surface area contributed by atoms with E-state index in [2.05, 4.69) is 32.3 Å². The number of hydrogen-bond acceptors (Lipinski definition) is 2. The fourth-order valence-corrected chi connectivity index (χ4v) is 5.15. The first-order valence-electron chi connectivity index (χ1n) is 6.29. The molecule has 1 atom stereocenters. The van der Waals surface area contributed by atoms with Crippen molar-refractivity contribution in [2.24, 2.45) is 0 Å². The average molecular weight is 370 g/mol. The number of rotatable bonds is 5. The Kier molecular flexibility index (Phi) is 5.40. The van der Waals surface area contributed by atoms with E-state index in [0.717, 1.165) is 5.56 Å². The summed E-state index contributed by atoms with van der Waals surface area (Å²) in [6.45, 7) is 1.33. The third kappa shape index (κ3) is 5.22. The van der Waals surface area contributed by atoms with Gasteiger partial charge in [0.2, 0.25) is 0 Å². The van der Waals surface area contributed by atoms with Crippen LogP contribution in [0.2, 0.25) is 14.8 Å². The Bertz CT molecular complexity index is 463. The fourth-order valence-electron chi connectivity index (χ4n) is 1.82. The number of benzene rings is 1. The summed E-state index contributed by atoms with van der Waals surface area (Å²) in [5.41, 5.74) is 0.931. The third-order valence-electron chi connectivity index (χ3n) is 2.94. The van der Waals surface area contributed by atoms with Crippen LogP contribution in [-0.2, 0) is 16.0 Å². The molecule has 104 valence electrons. The summed E-state index contributed by atoms with van der Waals surface area (Å²) >= 11 is -2.05. The van der Waals surface area contributed by atoms with Crippen molar-refractivity contribution in [1.29, 1.82) is 0 Å². The predicted octanol–water partition coefficient (Wildman–Crippen LogP) is 1.36. The molecule has 4 nitrogen and oxygen atoms in total. The van der Waals surface area contributed by atoms with E-state index < -0.39 is 30.4 Å². The molecule has 0 aromatic heterocycles. The molecule has 0 fully saturated rings. The van der Waals surface area contributed by atoms with Gasteiger partial charge < -0.3 is 0 Å². The summed E-state index contributed by atoms with van der Waals surface area (Å²) in [4.78, 5) is 29.0. The molecule has 0 unspecified atom stereocenters. The first-order chi connectivity index (χ1) is 8.70. The van der Waals surface area contributed by atoms with Gasteiger partial charge in [-0.2, -0.15) is 0 Å². The summed E-state index contributed by atoms with van der Waals surface area (Å²) in [5, 5.41) is 11.5. The molecule has 1 rings (SSSR count). The van der Waals surface area contributed by atoms with Crippen LogP contribution in [0.15, 0.2) is 24.3 Å². The zero-order chi connectivity index (χ0) is 14.6. The Morgan fingerprint density at radius 3 is 2.11 bits per heavy atom. The molecule has 0 saturated heterocycles. The molecule has 1 aromatic rings. The van der Waals surface area contributed by atoms with E-state index in [1.54, 1.807) is 0 Å². The van der Waals surface area contributed by atoms with Crippen LogP contribution < -0.4 is 8.90 Å². The maximum absolute atomic E-state index is 11.1. The van der Waals surface area contributed by atoms with Crippen LogP contribution in [0.25, 0.3) is 0 Å². The molecule has 0 radical (unpaired) electrons. The SMILES string of the molecule is CC(=O)N[C@@H](Cc1cc[c]([Sn]([CH3])([CH3])[CH3])cc1)C(=O)O. The van der Waals surface area contributed by atoms with Gasteiger partial charge in [-0.15, -0.1) is 0 Å². The summed E-state index contributed by atoms with van der Waals surface area (Å²) in [6.07, 6.45) is 0.314. The fraction of sp³-hybridized carbons (Fsp3) is 0.429. The molecule has 0 saturated carbocycles. The molecule has 1 amide bonds. The van der Waals surface area contributed by atoms with E-state index in [4.69, 9.17) is 5.11 Å². The number of carbonyl (C=O) groups excluding carboxylic acids is 1. The molecule has 0 aliphatic carbocycles. The van der Waals surface area contributed by atoms with Crippen LogP contribution in [-0.4, -0.2) is 41.4 Å². The molecule has 2 N–H and O–H groups in total. The molecule has 0 aliphatic heterocycles. The summed E-state index contributed by atoms with van der Waals surface area (Å²) < 4.78 is 1.41. The number of aliphatic carboxylic acids is 1. The van der Waals surface area contributed by atoms with Gasteiger partial charge in [0.05, 0.1) is 0 Å². The number of carbonyl (C=O) groups is 2. The van der Waals surface area contributed by atoms with E-state index in [9.17, 15) is 9.59 Å². The van der Waals surface area contributed by atoms with Crippen molar-refractivity contribution in [1.82, 2.24) is 5.32 Å². The van der Waals surface area contributed by atoms with Gasteiger partial charge >= 0.3 is 118 Å². The number of nitrogens with one attached hydrogen (secondary N) is 1. The normalized spacial score (nSPS) is 12.8. The maximum atomic E-state index is 11.1. The monoisotopic (exact) mass is 371 g/mol. The molecular weight excluding hydrogens is 349 g/mol. The Morgan fingerprint density at radius 2 is 1.74 bits per heavy atom. The van der Waals surface area contributed by atoms with Crippen molar-refractivity contribution in [3.63, 3.8) is 0 Å². The Labute approximate surface area is 118 Å². The van der Waals surface area contributed by atoms with Gasteiger partial charge in [0.25, 0.3) is 0 Å². The van der Waals surface area contributed by atoms with Crippen LogP contribution in [0.4, 0.5) is 0 Å². The molecule has 0 aliphatic rings. The number of amides is 1. The zero-order valence-corrected chi connectivity index (χ0v) is 14.7. The van der Waals surface area contributed by atoms with Gasteiger partial charge in [-0.25, -0.2) is 0 Å². The van der Waals surface area contributed by atoms with Crippen molar-refractivity contribution < 1.29 is 14.7 Å². The summed E-state index contributed by atoms with van der Waals surface area (Å²) in [7, 11) is 0. The van der Waals surface area contributed by atoms with Crippen LogP contribution in [0.1, 0.15) is 12.5 Å². The van der Waals surface area contributed by atoms with Gasteiger partial charge in [0.1, 0.15) is 0 Å². The van der Waals surface area contributed by atoms with Gasteiger partial charge in [-0.05, 0) is 0 Å². The molecule has 19 heavy (non-hydrogen) atoms. The van der Waals surface area contributed by atoms with Gasteiger partial charge in [-0.1, -0.05) is 0 Å². The van der Waals surface area contributed by atoms with E-state index >= 15 is 0 Å². The van der Waals surface area contributed by atoms with Crippen molar-refractivity contribution >= 4 is 33.8 Å².